The van der Waals surface area contributed by atoms with Crippen LogP contribution in [0.3, 0.4) is 0 Å². The Morgan fingerprint density at radius 1 is 1.50 bits per heavy atom. The van der Waals surface area contributed by atoms with Gasteiger partial charge in [0.2, 0.25) is 5.91 Å². The number of carbonyl (C=O) groups excluding carboxylic acids is 1. The van der Waals surface area contributed by atoms with Gasteiger partial charge in [-0.15, -0.1) is 0 Å². The van der Waals surface area contributed by atoms with E-state index in [4.69, 9.17) is 0 Å². The molecular weight excluding hydrogens is 204 g/mol. The summed E-state index contributed by atoms with van der Waals surface area (Å²) in [6, 6.07) is 3.50. The number of likely N-dealkylation sites (N-methyl/N-ethyl adjacent to an activating group) is 1. The van der Waals surface area contributed by atoms with Gasteiger partial charge in [0.15, 0.2) is 0 Å². The van der Waals surface area contributed by atoms with Crippen LogP contribution in [0.25, 0.3) is 0 Å². The maximum absolute atomic E-state index is 11.8. The minimum atomic E-state index is -0.134. The van der Waals surface area contributed by atoms with Gasteiger partial charge in [-0.3, -0.25) is 9.59 Å². The highest BCUT2D eigenvalue weighted by atomic mass is 16.2. The number of aromatic nitrogens is 1. The van der Waals surface area contributed by atoms with Gasteiger partial charge >= 0.3 is 0 Å². The Hall–Kier alpha value is -1.58. The Balaban J connectivity index is 2.82. The molecule has 0 aliphatic rings. The summed E-state index contributed by atoms with van der Waals surface area (Å²) in [6.07, 6.45) is 1.66. The zero-order chi connectivity index (χ0) is 12.3. The van der Waals surface area contributed by atoms with E-state index < -0.39 is 0 Å². The molecule has 0 radical (unpaired) electrons. The molecule has 88 valence electrons. The second-order valence-corrected chi connectivity index (χ2v) is 4.27. The Labute approximate surface area is 95.5 Å². The zero-order valence-corrected chi connectivity index (χ0v) is 10.2. The first kappa shape index (κ1) is 12.5. The van der Waals surface area contributed by atoms with Crippen molar-refractivity contribution >= 4 is 5.91 Å². The summed E-state index contributed by atoms with van der Waals surface area (Å²) >= 11 is 0. The molecule has 0 aliphatic heterocycles. The van der Waals surface area contributed by atoms with Crippen LogP contribution in [-0.2, 0) is 11.3 Å². The lowest BCUT2D eigenvalue weighted by atomic mass is 10.3. The topological polar surface area (TPSA) is 42.3 Å². The minimum absolute atomic E-state index is 0.0547. The van der Waals surface area contributed by atoms with Crippen molar-refractivity contribution < 1.29 is 4.79 Å². The third-order valence-corrected chi connectivity index (χ3v) is 2.63. The van der Waals surface area contributed by atoms with Gasteiger partial charge in [-0.1, -0.05) is 0 Å². The molecule has 0 bridgehead atoms. The predicted octanol–water partition coefficient (Wildman–Crippen LogP) is 1.02. The molecule has 0 spiro atoms. The van der Waals surface area contributed by atoms with Crippen LogP contribution >= 0.6 is 0 Å². The first-order chi connectivity index (χ1) is 7.41. The smallest absolute Gasteiger partial charge is 0.251 e. The van der Waals surface area contributed by atoms with Gasteiger partial charge in [0, 0.05) is 25.4 Å². The lowest BCUT2D eigenvalue weighted by Crippen LogP contribution is -2.37. The Kier molecular flexibility index (Phi) is 3.88. The zero-order valence-electron chi connectivity index (χ0n) is 10.2. The molecule has 1 aromatic rings. The molecule has 4 heteroatoms. The molecule has 0 unspecified atom stereocenters. The number of pyridine rings is 1. The number of hydrogen-bond donors (Lipinski definition) is 0. The van der Waals surface area contributed by atoms with E-state index in [0.717, 1.165) is 5.56 Å². The number of amides is 1. The predicted molar refractivity (Wildman–Crippen MR) is 63.3 cm³/mol. The second-order valence-electron chi connectivity index (χ2n) is 4.27. The summed E-state index contributed by atoms with van der Waals surface area (Å²) < 4.78 is 1.42. The van der Waals surface area contributed by atoms with Crippen LogP contribution in [0.4, 0.5) is 0 Å². The van der Waals surface area contributed by atoms with Crippen LogP contribution in [0.2, 0.25) is 0 Å². The fraction of sp³-hybridized carbons (Fsp3) is 0.500. The van der Waals surface area contributed by atoms with Gasteiger partial charge in [0.1, 0.15) is 6.54 Å². The van der Waals surface area contributed by atoms with Gasteiger partial charge in [0.25, 0.3) is 5.56 Å². The van der Waals surface area contributed by atoms with Crippen LogP contribution in [0.15, 0.2) is 23.1 Å². The van der Waals surface area contributed by atoms with Gasteiger partial charge in [0.05, 0.1) is 0 Å². The summed E-state index contributed by atoms with van der Waals surface area (Å²) in [5.74, 6) is -0.0547. The first-order valence-corrected chi connectivity index (χ1v) is 5.34. The molecule has 1 aromatic heterocycles. The molecule has 0 N–H and O–H groups in total. The molecule has 0 saturated heterocycles. The maximum atomic E-state index is 11.8. The molecule has 16 heavy (non-hydrogen) atoms. The number of nitrogens with zero attached hydrogens (tertiary/aromatic N) is 2. The Bertz CT molecular complexity index is 435. The van der Waals surface area contributed by atoms with Gasteiger partial charge in [-0.25, -0.2) is 0 Å². The van der Waals surface area contributed by atoms with E-state index in [-0.39, 0.29) is 24.1 Å². The molecule has 0 saturated carbocycles. The highest BCUT2D eigenvalue weighted by Gasteiger charge is 2.12. The molecule has 0 atom stereocenters. The van der Waals surface area contributed by atoms with Gasteiger partial charge in [-0.05, 0) is 32.4 Å². The van der Waals surface area contributed by atoms with Crippen LogP contribution < -0.4 is 5.56 Å². The van der Waals surface area contributed by atoms with Crippen LogP contribution in [0.1, 0.15) is 19.4 Å². The molecular formula is C12H18N2O2. The first-order valence-electron chi connectivity index (χ1n) is 5.34. The molecule has 4 nitrogen and oxygen atoms in total. The maximum Gasteiger partial charge on any atom is 0.251 e. The van der Waals surface area contributed by atoms with Crippen molar-refractivity contribution in [3.05, 3.63) is 34.2 Å². The molecule has 0 aromatic carbocycles. The summed E-state index contributed by atoms with van der Waals surface area (Å²) in [4.78, 5) is 24.9. The van der Waals surface area contributed by atoms with Crippen LogP contribution in [0, 0.1) is 6.92 Å². The Morgan fingerprint density at radius 3 is 2.62 bits per heavy atom. The number of rotatable bonds is 3. The van der Waals surface area contributed by atoms with Crippen molar-refractivity contribution in [2.45, 2.75) is 33.4 Å². The summed E-state index contributed by atoms with van der Waals surface area (Å²) in [5.41, 5.74) is 0.774. The lowest BCUT2D eigenvalue weighted by molar-refractivity contribution is -0.132. The number of carbonyl (C=O) groups is 1. The van der Waals surface area contributed by atoms with Gasteiger partial charge in [-0.2, -0.15) is 0 Å². The van der Waals surface area contributed by atoms with Crippen molar-refractivity contribution in [2.24, 2.45) is 0 Å². The second kappa shape index (κ2) is 4.96. The van der Waals surface area contributed by atoms with E-state index in [1.54, 1.807) is 18.1 Å². The lowest BCUT2D eigenvalue weighted by Gasteiger charge is -2.21. The fourth-order valence-corrected chi connectivity index (χ4v) is 1.28. The van der Waals surface area contributed by atoms with E-state index in [1.807, 2.05) is 26.8 Å². The third kappa shape index (κ3) is 2.95. The number of hydrogen-bond acceptors (Lipinski definition) is 2. The van der Waals surface area contributed by atoms with E-state index >= 15 is 0 Å². The van der Waals surface area contributed by atoms with Crippen LogP contribution in [0.5, 0.6) is 0 Å². The molecule has 1 heterocycles. The van der Waals surface area contributed by atoms with Crippen molar-refractivity contribution in [3.63, 3.8) is 0 Å². The highest BCUT2D eigenvalue weighted by Crippen LogP contribution is 1.97. The quantitative estimate of drug-likeness (QED) is 0.766. The highest BCUT2D eigenvalue weighted by molar-refractivity contribution is 5.75. The van der Waals surface area contributed by atoms with Gasteiger partial charge < -0.3 is 9.47 Å². The molecule has 1 rings (SSSR count). The standard InChI is InChI=1S/C12H18N2O2/c1-9(2)13(4)12(16)8-14-6-5-10(3)7-11(14)15/h5-7,9H,8H2,1-4H3. The average molecular weight is 222 g/mol. The minimum Gasteiger partial charge on any atom is -0.342 e. The van der Waals surface area contributed by atoms with E-state index in [2.05, 4.69) is 0 Å². The van der Waals surface area contributed by atoms with Crippen molar-refractivity contribution in [1.82, 2.24) is 9.47 Å². The summed E-state index contributed by atoms with van der Waals surface area (Å²) in [7, 11) is 1.74. The SMILES string of the molecule is Cc1ccn(CC(=O)N(C)C(C)C)c(=O)c1. The molecule has 1 amide bonds. The monoisotopic (exact) mass is 222 g/mol. The summed E-state index contributed by atoms with van der Waals surface area (Å²) in [5, 5.41) is 0. The van der Waals surface area contributed by atoms with E-state index in [1.165, 1.54) is 10.6 Å². The third-order valence-electron chi connectivity index (χ3n) is 2.63. The van der Waals surface area contributed by atoms with Crippen molar-refractivity contribution in [3.8, 4) is 0 Å². The molecule has 0 fully saturated rings. The summed E-state index contributed by atoms with van der Waals surface area (Å²) in [6.45, 7) is 5.84. The largest absolute Gasteiger partial charge is 0.342 e. The number of aryl methyl sites for hydroxylation is 1. The fourth-order valence-electron chi connectivity index (χ4n) is 1.28. The van der Waals surface area contributed by atoms with Crippen LogP contribution in [-0.4, -0.2) is 28.5 Å². The molecule has 0 aliphatic carbocycles. The van der Waals surface area contributed by atoms with Crippen molar-refractivity contribution in [1.29, 1.82) is 0 Å². The normalized spacial score (nSPS) is 10.6. The van der Waals surface area contributed by atoms with E-state index in [0.29, 0.717) is 0 Å². The van der Waals surface area contributed by atoms with Crippen molar-refractivity contribution in [2.75, 3.05) is 7.05 Å². The average Bonchev–Trinajstić information content (AvgIpc) is 2.20. The van der Waals surface area contributed by atoms with E-state index in [9.17, 15) is 9.59 Å². The Morgan fingerprint density at radius 2 is 2.12 bits per heavy atom.